The molecule has 5 aromatic heterocycles. The lowest BCUT2D eigenvalue weighted by Crippen LogP contribution is -2.89. The number of nitrogens with one attached hydrogen (secondary N) is 1. The molecule has 2 aromatic carbocycles. The lowest BCUT2D eigenvalue weighted by Gasteiger charge is -2.34. The van der Waals surface area contributed by atoms with Crippen molar-refractivity contribution in [1.29, 1.82) is 0 Å². The second-order valence-electron chi connectivity index (χ2n) is 20.8. The number of hydrogen-bond acceptors (Lipinski definition) is 20. The Morgan fingerprint density at radius 2 is 0.778 bits per heavy atom. The number of nitrogens with two attached hydrogens (primary N) is 2. The number of amides is 6. The maximum Gasteiger partial charge on any atom is 0.311 e. The van der Waals surface area contributed by atoms with Gasteiger partial charge in [-0.3, -0.25) is 48.6 Å². The van der Waals surface area contributed by atoms with Gasteiger partial charge in [0.15, 0.2) is 5.75 Å². The number of nitro groups is 1. The minimum atomic E-state index is -0.732. The molecule has 29 heteroatoms. The van der Waals surface area contributed by atoms with Gasteiger partial charge in [0, 0.05) is 124 Å². The lowest BCUT2D eigenvalue weighted by atomic mass is 10.1. The number of nitrogens with zero attached hydrogens (tertiary/aromatic N) is 9. The second kappa shape index (κ2) is 35.7. The molecule has 5 saturated heterocycles. The highest BCUT2D eigenvalue weighted by atomic mass is 35.5. The minimum absolute atomic E-state index is 0.00102. The van der Waals surface area contributed by atoms with Gasteiger partial charge in [0.1, 0.15) is 0 Å². The topological polar surface area (TPSA) is 284 Å². The molecule has 6 amide bonds. The fraction of sp³-hybridized carbons (Fsp3) is 0.361. The molecule has 5 aliphatic heterocycles. The summed E-state index contributed by atoms with van der Waals surface area (Å²) < 4.78 is 0. The average Bonchev–Trinajstić information content (AvgIpc) is 2.25. The zero-order valence-electron chi connectivity index (χ0n) is 49.9. The van der Waals surface area contributed by atoms with Gasteiger partial charge in [-0.25, -0.2) is 0 Å². The zero-order chi connectivity index (χ0) is 64.5. The molecule has 5 fully saturated rings. The first-order valence-electron chi connectivity index (χ1n) is 29.0. The van der Waals surface area contributed by atoms with Crippen LogP contribution in [-0.2, 0) is 0 Å². The summed E-state index contributed by atoms with van der Waals surface area (Å²) in [5.41, 5.74) is 5.40. The van der Waals surface area contributed by atoms with Gasteiger partial charge >= 0.3 is 5.69 Å². The van der Waals surface area contributed by atoms with Crippen LogP contribution in [0.25, 0.3) is 0 Å². The van der Waals surface area contributed by atoms with Crippen molar-refractivity contribution in [3.05, 3.63) is 170 Å². The Kier molecular flexibility index (Phi) is 27.7. The summed E-state index contributed by atoms with van der Waals surface area (Å²) in [6.07, 6.45) is 0. The van der Waals surface area contributed by atoms with Crippen LogP contribution in [-0.4, -0.2) is 240 Å². The summed E-state index contributed by atoms with van der Waals surface area (Å²) in [6.45, 7) is 15.4. The van der Waals surface area contributed by atoms with E-state index < -0.39 is 22.3 Å². The molecule has 7 aromatic rings. The number of anilines is 1. The summed E-state index contributed by atoms with van der Waals surface area (Å²) in [4.78, 5) is 112. The number of benzene rings is 2. The van der Waals surface area contributed by atoms with E-state index in [0.29, 0.717) is 67.0 Å². The van der Waals surface area contributed by atoms with Crippen molar-refractivity contribution in [2.45, 2.75) is 0 Å². The molecule has 90 heavy (non-hydrogen) atoms. The number of rotatable bonds is 8. The van der Waals surface area contributed by atoms with E-state index in [1.54, 1.807) is 57.2 Å². The number of piperazine rings is 5. The number of carbonyl (C=O) groups is 7. The van der Waals surface area contributed by atoms with Gasteiger partial charge in [-0.1, -0.05) is 42.5 Å². The maximum absolute atomic E-state index is 12.5. The molecular formula is C61H74ClN12O11S5+. The zero-order valence-corrected chi connectivity index (χ0v) is 54.8. The van der Waals surface area contributed by atoms with Crippen LogP contribution in [0.15, 0.2) is 124 Å². The van der Waals surface area contributed by atoms with E-state index in [1.165, 1.54) is 99.9 Å². The monoisotopic (exact) mass is 1350 g/mol. The van der Waals surface area contributed by atoms with Crippen molar-refractivity contribution >= 4 is 120 Å². The van der Waals surface area contributed by atoms with E-state index in [0.717, 1.165) is 68.2 Å². The third-order valence-electron chi connectivity index (χ3n) is 14.7. The van der Waals surface area contributed by atoms with E-state index in [4.69, 9.17) is 17.3 Å². The Labute approximate surface area is 547 Å². The molecule has 0 aliphatic carbocycles. The molecule has 480 valence electrons. The number of quaternary nitrogens is 1. The quantitative estimate of drug-likeness (QED) is 0.0375. The molecule has 0 spiro atoms. The van der Waals surface area contributed by atoms with E-state index in [9.17, 15) is 53.9 Å². The number of thiophene rings is 5. The van der Waals surface area contributed by atoms with Crippen LogP contribution in [0.2, 0.25) is 0 Å². The van der Waals surface area contributed by atoms with E-state index in [2.05, 4.69) is 34.5 Å². The third kappa shape index (κ3) is 20.4. The van der Waals surface area contributed by atoms with Crippen LogP contribution < -0.4 is 16.4 Å². The van der Waals surface area contributed by atoms with Crippen LogP contribution in [0.4, 0.5) is 11.4 Å². The summed E-state index contributed by atoms with van der Waals surface area (Å²) in [5.74, 6) is -1.27. The van der Waals surface area contributed by atoms with Gasteiger partial charge in [-0.05, 0) is 101 Å². The molecule has 10 heterocycles. The third-order valence-corrected chi connectivity index (χ3v) is 19.3. The Morgan fingerprint density at radius 3 is 1.10 bits per heavy atom. The first-order chi connectivity index (χ1) is 43.4. The summed E-state index contributed by atoms with van der Waals surface area (Å²) >= 11 is 12.3. The molecule has 0 unspecified atom stereocenters. The highest BCUT2D eigenvalue weighted by molar-refractivity contribution is 7.14. The van der Waals surface area contributed by atoms with Gasteiger partial charge in [-0.2, -0.15) is 0 Å². The highest BCUT2D eigenvalue weighted by Crippen LogP contribution is 2.31. The van der Waals surface area contributed by atoms with Crippen molar-refractivity contribution in [2.75, 3.05) is 151 Å². The number of carbonyl (C=O) groups excluding carboxylic acids is 7. The molecule has 0 radical (unpaired) electrons. The van der Waals surface area contributed by atoms with Gasteiger partial charge < -0.3 is 60.9 Å². The van der Waals surface area contributed by atoms with Crippen molar-refractivity contribution in [2.24, 2.45) is 0 Å². The number of likely N-dealkylation sites (N-methyl/N-ethyl adjacent to an activating group) is 2. The van der Waals surface area contributed by atoms with Gasteiger partial charge in [0.05, 0.1) is 59.2 Å². The fourth-order valence-corrected chi connectivity index (χ4v) is 13.0. The number of aromatic hydroxyl groups is 2. The molecule has 0 bridgehead atoms. The summed E-state index contributed by atoms with van der Waals surface area (Å²) in [5, 5.41) is 45.4. The van der Waals surface area contributed by atoms with Crippen molar-refractivity contribution in [1.82, 2.24) is 44.5 Å². The highest BCUT2D eigenvalue weighted by Gasteiger charge is 2.31. The van der Waals surface area contributed by atoms with Crippen molar-refractivity contribution in [3.8, 4) is 11.5 Å². The van der Waals surface area contributed by atoms with Gasteiger partial charge in [0.25, 0.3) is 40.7 Å². The number of phenolic OH excluding ortho intramolecular Hbond substituents is 2. The van der Waals surface area contributed by atoms with E-state index in [1.807, 2.05) is 73.1 Å². The number of phenols is 2. The standard InChI is InChI=1S/C16H15N3O5S.C16H17N3O3S.C10H14N2OS.C9H12N2OS.C5H3ClOS.C5H12N2/c20-14-11(3-1-4-12(14)19(23)24)15(21)17-6-8-18(9-7-17)16(22)13-5-2-10-25-13;17-12-4-1-3-11(14(12)20)15(21)18-6-8-19(9-7-18)16(22)13-5-2-10-23-13;1-11-4-6-12(7-5-11)10(13)9-3-2-8-14-9;12-9(8-2-1-7-13-8)11-5-3-10-4-6-11;6-5(7)4-2-1-3-8-4;1-7-4-2-6-3-5-7/h1-5,10,20H,6-9H2;1-5,10,20H,6-9,17H2;2-3,8H,4-7H2,1H3;1-2,7,10H,3-6H2;1-3H;6H,2-5H2,1H3/p+1. The van der Waals surface area contributed by atoms with E-state index in [-0.39, 0.29) is 57.3 Å². The number of nitro benzene ring substituents is 1. The molecule has 7 N–H and O–H groups in total. The Bertz CT molecular complexity index is 3400. The molecular weight excluding hydrogens is 1270 g/mol. The van der Waals surface area contributed by atoms with Crippen LogP contribution in [0.5, 0.6) is 11.5 Å². The van der Waals surface area contributed by atoms with Gasteiger partial charge in [0.2, 0.25) is 5.75 Å². The SMILES string of the molecule is CN1CCN(C(=O)c2cccs2)CC1.CN1CC[NH2+]CC1.Nc1cccc(C(=O)N2CCN(C(=O)c3cccs3)CC2)c1O.O=C(Cl)c1cccs1.O=C(c1cccs1)N1CCN(C(=O)c2cccc([N+](=O)[O-])c2O)CC1.O=C(c1cccs1)N1CCNCC1. The number of para-hydroxylation sites is 2. The number of nitrogen functional groups attached to an aromatic ring is 1. The van der Waals surface area contributed by atoms with Gasteiger partial charge in [-0.15, -0.1) is 56.7 Å². The van der Waals surface area contributed by atoms with Crippen molar-refractivity contribution < 1.29 is 54.0 Å². The maximum atomic E-state index is 12.5. The van der Waals surface area contributed by atoms with Crippen LogP contribution in [0.1, 0.15) is 69.1 Å². The Morgan fingerprint density at radius 1 is 0.456 bits per heavy atom. The van der Waals surface area contributed by atoms with Crippen LogP contribution >= 0.6 is 68.3 Å². The second-order valence-corrected chi connectivity index (χ2v) is 25.9. The number of hydrogen-bond donors (Lipinski definition) is 5. The smallest absolute Gasteiger partial charge is 0.311 e. The fourth-order valence-electron chi connectivity index (χ4n) is 9.52. The largest absolute Gasteiger partial charge is 0.505 e. The predicted octanol–water partition coefficient (Wildman–Crippen LogP) is 6.15. The molecule has 5 aliphatic rings. The Balaban J connectivity index is 0.000000162. The summed E-state index contributed by atoms with van der Waals surface area (Å²) in [7, 11) is 4.26. The molecule has 12 rings (SSSR count). The van der Waals surface area contributed by atoms with E-state index >= 15 is 0 Å². The minimum Gasteiger partial charge on any atom is -0.505 e. The van der Waals surface area contributed by atoms with Crippen LogP contribution in [0, 0.1) is 10.1 Å². The average molecular weight is 1350 g/mol. The predicted molar refractivity (Wildman–Crippen MR) is 354 cm³/mol. The Hall–Kier alpha value is -7.64. The molecule has 0 saturated carbocycles. The summed E-state index contributed by atoms with van der Waals surface area (Å²) in [6, 6.07) is 26.9. The van der Waals surface area contributed by atoms with Crippen LogP contribution in [0.3, 0.4) is 0 Å². The number of halogens is 1. The normalized spacial score (nSPS) is 15.9. The first-order valence-corrected chi connectivity index (χ1v) is 33.8. The molecule has 23 nitrogen and oxygen atoms in total. The lowest BCUT2D eigenvalue weighted by molar-refractivity contribution is -0.662. The first kappa shape index (κ1) is 69.8. The molecule has 0 atom stereocenters. The van der Waals surface area contributed by atoms with Crippen molar-refractivity contribution in [3.63, 3.8) is 0 Å².